The van der Waals surface area contributed by atoms with Crippen molar-refractivity contribution in [3.05, 3.63) is 131 Å². The summed E-state index contributed by atoms with van der Waals surface area (Å²) >= 11 is 0. The molecule has 4 aromatic carbocycles. The van der Waals surface area contributed by atoms with E-state index in [1.54, 1.807) is 12.1 Å². The maximum atomic E-state index is 14.5. The zero-order chi connectivity index (χ0) is 34.2. The van der Waals surface area contributed by atoms with Crippen LogP contribution >= 0.6 is 0 Å². The Hall–Kier alpha value is -4.64. The van der Waals surface area contributed by atoms with Crippen LogP contribution in [0, 0.1) is 6.92 Å². The van der Waals surface area contributed by atoms with E-state index in [9.17, 15) is 31.2 Å². The molecule has 2 amide bonds. The number of sulfonamides is 1. The molecule has 0 saturated carbocycles. The molecule has 0 fully saturated rings. The first kappa shape index (κ1) is 35.2. The van der Waals surface area contributed by atoms with Gasteiger partial charge in [-0.2, -0.15) is 13.2 Å². The second-order valence-corrected chi connectivity index (χ2v) is 13.3. The van der Waals surface area contributed by atoms with E-state index in [4.69, 9.17) is 0 Å². The fourth-order valence-corrected chi connectivity index (χ4v) is 6.52. The minimum absolute atomic E-state index is 0.0479. The van der Waals surface area contributed by atoms with Crippen molar-refractivity contribution in [1.82, 2.24) is 10.2 Å². The fraction of sp³-hybridized carbons (Fsp3) is 0.278. The van der Waals surface area contributed by atoms with Crippen molar-refractivity contribution in [3.8, 4) is 0 Å². The molecule has 0 unspecified atom stereocenters. The summed E-state index contributed by atoms with van der Waals surface area (Å²) < 4.78 is 70.0. The third kappa shape index (κ3) is 9.22. The zero-order valence-electron chi connectivity index (χ0n) is 26.4. The number of aryl methyl sites for hydroxylation is 1. The summed E-state index contributed by atoms with van der Waals surface area (Å²) in [6, 6.07) is 26.2. The predicted octanol–water partition coefficient (Wildman–Crippen LogP) is 6.76. The highest BCUT2D eigenvalue weighted by molar-refractivity contribution is 7.92. The van der Waals surface area contributed by atoms with Crippen LogP contribution in [0.1, 0.15) is 42.5 Å². The van der Waals surface area contributed by atoms with Crippen LogP contribution in [-0.2, 0) is 38.8 Å². The number of nitrogens with zero attached hydrogens (tertiary/aromatic N) is 2. The summed E-state index contributed by atoms with van der Waals surface area (Å²) in [5, 5.41) is 2.96. The minimum Gasteiger partial charge on any atom is -0.352 e. The Kier molecular flexibility index (Phi) is 11.5. The minimum atomic E-state index is -4.76. The van der Waals surface area contributed by atoms with E-state index >= 15 is 0 Å². The predicted molar refractivity (Wildman–Crippen MR) is 176 cm³/mol. The fourth-order valence-electron chi connectivity index (χ4n) is 5.09. The van der Waals surface area contributed by atoms with Crippen molar-refractivity contribution < 1.29 is 31.2 Å². The second kappa shape index (κ2) is 15.3. The highest BCUT2D eigenvalue weighted by Gasteiger charge is 2.36. The van der Waals surface area contributed by atoms with Crippen LogP contribution in [0.2, 0.25) is 0 Å². The van der Waals surface area contributed by atoms with Crippen LogP contribution in [0.5, 0.6) is 0 Å². The van der Waals surface area contributed by atoms with Gasteiger partial charge in [0.1, 0.15) is 12.6 Å². The molecule has 2 atom stereocenters. The molecule has 4 aromatic rings. The SMILES string of the molecule is CC[C@@H](C)NC(=O)[C@H](Cc1ccccc1)N(Cc1cccc(C)c1)C(=O)CN(c1cccc(C(F)(F)F)c1)S(=O)(=O)c1ccccc1. The van der Waals surface area contributed by atoms with Crippen molar-refractivity contribution in [2.24, 2.45) is 0 Å². The second-order valence-electron chi connectivity index (χ2n) is 11.4. The molecule has 248 valence electrons. The lowest BCUT2D eigenvalue weighted by Crippen LogP contribution is -2.54. The first-order chi connectivity index (χ1) is 22.3. The normalized spacial score (nSPS) is 13.0. The number of rotatable bonds is 13. The Morgan fingerprint density at radius 2 is 1.45 bits per heavy atom. The number of alkyl halides is 3. The average molecular weight is 666 g/mol. The maximum absolute atomic E-state index is 14.5. The number of benzene rings is 4. The quantitative estimate of drug-likeness (QED) is 0.171. The van der Waals surface area contributed by atoms with Crippen LogP contribution < -0.4 is 9.62 Å². The van der Waals surface area contributed by atoms with E-state index in [0.29, 0.717) is 22.4 Å². The van der Waals surface area contributed by atoms with Crippen molar-refractivity contribution >= 4 is 27.5 Å². The summed E-state index contributed by atoms with van der Waals surface area (Å²) in [5.41, 5.74) is 0.976. The van der Waals surface area contributed by atoms with Gasteiger partial charge in [-0.05, 0) is 61.7 Å². The number of hydrogen-bond acceptors (Lipinski definition) is 4. The Morgan fingerprint density at radius 1 is 0.830 bits per heavy atom. The lowest BCUT2D eigenvalue weighted by atomic mass is 10.0. The molecule has 7 nitrogen and oxygen atoms in total. The largest absolute Gasteiger partial charge is 0.416 e. The summed E-state index contributed by atoms with van der Waals surface area (Å²) in [5.74, 6) is -1.19. The molecule has 4 rings (SSSR count). The number of anilines is 1. The van der Waals surface area contributed by atoms with E-state index in [1.165, 1.54) is 35.2 Å². The van der Waals surface area contributed by atoms with Gasteiger partial charge in [0.05, 0.1) is 16.1 Å². The molecule has 0 aliphatic rings. The van der Waals surface area contributed by atoms with Gasteiger partial charge in [-0.3, -0.25) is 13.9 Å². The third-order valence-electron chi connectivity index (χ3n) is 7.78. The standard InChI is InChI=1S/C36H38F3N3O4S/c1-4-27(3)40-35(44)33(22-28-14-7-5-8-15-28)41(24-29-16-11-13-26(2)21-29)34(43)25-42(47(45,46)32-19-9-6-10-20-32)31-18-12-17-30(23-31)36(37,38)39/h5-21,23,27,33H,4,22,24-25H2,1-3H3,(H,40,44)/t27-,33+/m1/s1. The van der Waals surface area contributed by atoms with Gasteiger partial charge in [0, 0.05) is 19.0 Å². The van der Waals surface area contributed by atoms with E-state index in [0.717, 1.165) is 23.3 Å². The van der Waals surface area contributed by atoms with Gasteiger partial charge in [0.2, 0.25) is 11.8 Å². The zero-order valence-corrected chi connectivity index (χ0v) is 27.3. The number of halogens is 3. The van der Waals surface area contributed by atoms with Crippen LogP contribution in [0.3, 0.4) is 0 Å². The average Bonchev–Trinajstić information content (AvgIpc) is 3.05. The molecule has 0 aliphatic heterocycles. The monoisotopic (exact) mass is 665 g/mol. The molecule has 0 heterocycles. The lowest BCUT2D eigenvalue weighted by Gasteiger charge is -2.34. The molecular weight excluding hydrogens is 627 g/mol. The van der Waals surface area contributed by atoms with E-state index < -0.39 is 46.2 Å². The molecular formula is C36H38F3N3O4S. The van der Waals surface area contributed by atoms with Gasteiger partial charge in [-0.15, -0.1) is 0 Å². The Morgan fingerprint density at radius 3 is 2.06 bits per heavy atom. The maximum Gasteiger partial charge on any atom is 0.416 e. The molecule has 11 heteroatoms. The van der Waals surface area contributed by atoms with Crippen LogP contribution in [-0.4, -0.2) is 43.8 Å². The van der Waals surface area contributed by atoms with Gasteiger partial charge in [-0.1, -0.05) is 91.3 Å². The highest BCUT2D eigenvalue weighted by atomic mass is 32.2. The molecule has 47 heavy (non-hydrogen) atoms. The summed E-state index contributed by atoms with van der Waals surface area (Å²) in [6.45, 7) is 4.73. The van der Waals surface area contributed by atoms with Crippen molar-refractivity contribution in [1.29, 1.82) is 0 Å². The van der Waals surface area contributed by atoms with Gasteiger partial charge in [-0.25, -0.2) is 8.42 Å². The molecule has 0 bridgehead atoms. The van der Waals surface area contributed by atoms with Gasteiger partial charge >= 0.3 is 6.18 Å². The first-order valence-corrected chi connectivity index (χ1v) is 16.7. The van der Waals surface area contributed by atoms with Crippen molar-refractivity contribution in [3.63, 3.8) is 0 Å². The van der Waals surface area contributed by atoms with Gasteiger partial charge < -0.3 is 10.2 Å². The number of hydrogen-bond donors (Lipinski definition) is 1. The smallest absolute Gasteiger partial charge is 0.352 e. The van der Waals surface area contributed by atoms with E-state index in [2.05, 4.69) is 5.32 Å². The molecule has 0 saturated heterocycles. The Labute approximate surface area is 274 Å². The van der Waals surface area contributed by atoms with Crippen LogP contribution in [0.25, 0.3) is 0 Å². The van der Waals surface area contributed by atoms with Crippen LogP contribution in [0.15, 0.2) is 114 Å². The van der Waals surface area contributed by atoms with E-state index in [-0.39, 0.29) is 29.6 Å². The van der Waals surface area contributed by atoms with Crippen molar-refractivity contribution in [2.45, 2.75) is 63.3 Å². The van der Waals surface area contributed by atoms with Gasteiger partial charge in [0.15, 0.2) is 0 Å². The molecule has 0 aliphatic carbocycles. The number of nitrogens with one attached hydrogen (secondary N) is 1. The van der Waals surface area contributed by atoms with Gasteiger partial charge in [0.25, 0.3) is 10.0 Å². The summed E-state index contributed by atoms with van der Waals surface area (Å²) in [6.07, 6.45) is -4.00. The topological polar surface area (TPSA) is 86.8 Å². The number of carbonyl (C=O) groups is 2. The first-order valence-electron chi connectivity index (χ1n) is 15.2. The lowest BCUT2D eigenvalue weighted by molar-refractivity contribution is -0.140. The van der Waals surface area contributed by atoms with Crippen LogP contribution in [0.4, 0.5) is 18.9 Å². The summed E-state index contributed by atoms with van der Waals surface area (Å²) in [7, 11) is -4.53. The van der Waals surface area contributed by atoms with E-state index in [1.807, 2.05) is 69.3 Å². The highest BCUT2D eigenvalue weighted by Crippen LogP contribution is 2.33. The Bertz CT molecular complexity index is 1770. The molecule has 0 radical (unpaired) electrons. The number of carbonyl (C=O) groups excluding carboxylic acids is 2. The summed E-state index contributed by atoms with van der Waals surface area (Å²) in [4.78, 5) is 29.5. The molecule has 0 aromatic heterocycles. The van der Waals surface area contributed by atoms with Crippen molar-refractivity contribution in [2.75, 3.05) is 10.8 Å². The molecule has 1 N–H and O–H groups in total. The number of amides is 2. The third-order valence-corrected chi connectivity index (χ3v) is 9.57. The molecule has 0 spiro atoms. The Balaban J connectivity index is 1.84.